The van der Waals surface area contributed by atoms with Crippen molar-refractivity contribution in [2.75, 3.05) is 38.1 Å². The number of benzene rings is 2. The van der Waals surface area contributed by atoms with E-state index in [1.165, 1.54) is 30.0 Å². The smallest absolute Gasteiger partial charge is 0.261 e. The zero-order chi connectivity index (χ0) is 19.2. The van der Waals surface area contributed by atoms with Crippen molar-refractivity contribution in [3.05, 3.63) is 59.9 Å². The van der Waals surface area contributed by atoms with Gasteiger partial charge >= 0.3 is 0 Å². The molecule has 1 amide bonds. The molecule has 3 rings (SSSR count). The number of ether oxygens (including phenoxy) is 1. The molecule has 1 fully saturated rings. The van der Waals surface area contributed by atoms with Gasteiger partial charge in [-0.25, -0.2) is 4.39 Å². The van der Waals surface area contributed by atoms with Crippen molar-refractivity contribution in [2.45, 2.75) is 19.6 Å². The monoisotopic (exact) mass is 371 g/mol. The van der Waals surface area contributed by atoms with E-state index in [1.54, 1.807) is 6.92 Å². The molecular weight excluding hydrogens is 345 g/mol. The number of hydrogen-bond acceptors (Lipinski definition) is 4. The van der Waals surface area contributed by atoms with Crippen LogP contribution in [0.25, 0.3) is 0 Å². The molecule has 0 saturated carbocycles. The van der Waals surface area contributed by atoms with Gasteiger partial charge in [-0.1, -0.05) is 12.1 Å². The van der Waals surface area contributed by atoms with Crippen LogP contribution in [0.2, 0.25) is 0 Å². The lowest BCUT2D eigenvalue weighted by Crippen LogP contribution is -2.44. The Hall–Kier alpha value is -2.60. The molecule has 27 heavy (non-hydrogen) atoms. The van der Waals surface area contributed by atoms with E-state index < -0.39 is 6.10 Å². The van der Waals surface area contributed by atoms with Crippen LogP contribution in [-0.4, -0.2) is 50.1 Å². The Balaban J connectivity index is 1.47. The zero-order valence-corrected chi connectivity index (χ0v) is 15.8. The van der Waals surface area contributed by atoms with Gasteiger partial charge in [-0.15, -0.1) is 0 Å². The number of rotatable bonds is 6. The van der Waals surface area contributed by atoms with E-state index in [2.05, 4.69) is 34.3 Å². The number of nitrogens with one attached hydrogen (secondary N) is 1. The summed E-state index contributed by atoms with van der Waals surface area (Å²) in [5, 5.41) is 2.88. The molecule has 0 radical (unpaired) electrons. The highest BCUT2D eigenvalue weighted by molar-refractivity contribution is 5.80. The number of carbonyl (C=O) groups is 1. The van der Waals surface area contributed by atoms with Gasteiger partial charge in [0.2, 0.25) is 0 Å². The first kappa shape index (κ1) is 19.2. The number of likely N-dealkylation sites (N-methyl/N-ethyl adjacent to an activating group) is 1. The fraction of sp³-hybridized carbons (Fsp3) is 0.381. The van der Waals surface area contributed by atoms with Crippen LogP contribution in [0.3, 0.4) is 0 Å². The molecule has 1 aliphatic rings. The van der Waals surface area contributed by atoms with Crippen molar-refractivity contribution in [2.24, 2.45) is 0 Å². The average Bonchev–Trinajstić information content (AvgIpc) is 2.69. The van der Waals surface area contributed by atoms with Crippen molar-refractivity contribution in [1.29, 1.82) is 0 Å². The molecule has 0 bridgehead atoms. The summed E-state index contributed by atoms with van der Waals surface area (Å²) in [5.74, 6) is -0.0717. The Morgan fingerprint density at radius 3 is 2.33 bits per heavy atom. The van der Waals surface area contributed by atoms with E-state index in [0.717, 1.165) is 31.7 Å². The second-order valence-corrected chi connectivity index (χ2v) is 6.89. The summed E-state index contributed by atoms with van der Waals surface area (Å²) in [6.45, 7) is 6.33. The molecule has 1 heterocycles. The number of hydrogen-bond donors (Lipinski definition) is 1. The van der Waals surface area contributed by atoms with Gasteiger partial charge in [0.25, 0.3) is 5.91 Å². The molecule has 1 atom stereocenters. The highest BCUT2D eigenvalue weighted by Crippen LogP contribution is 2.17. The van der Waals surface area contributed by atoms with Gasteiger partial charge in [0.15, 0.2) is 6.10 Å². The Morgan fingerprint density at radius 2 is 1.70 bits per heavy atom. The summed E-state index contributed by atoms with van der Waals surface area (Å²) in [7, 11) is 2.14. The van der Waals surface area contributed by atoms with E-state index >= 15 is 0 Å². The Morgan fingerprint density at radius 1 is 1.07 bits per heavy atom. The fourth-order valence-electron chi connectivity index (χ4n) is 2.99. The number of nitrogens with zero attached hydrogens (tertiary/aromatic N) is 2. The SMILES string of the molecule is C[C@H](Oc1ccc(F)cc1)C(=O)NCc1ccc(N2CCN(C)CC2)cc1. The van der Waals surface area contributed by atoms with Crippen LogP contribution in [0.15, 0.2) is 48.5 Å². The maximum absolute atomic E-state index is 12.9. The minimum absolute atomic E-state index is 0.206. The minimum atomic E-state index is -0.653. The van der Waals surface area contributed by atoms with Gasteiger partial charge in [-0.3, -0.25) is 4.79 Å². The summed E-state index contributed by atoms with van der Waals surface area (Å²) in [6.07, 6.45) is -0.653. The zero-order valence-electron chi connectivity index (χ0n) is 15.8. The molecule has 0 aliphatic carbocycles. The largest absolute Gasteiger partial charge is 0.481 e. The first-order chi connectivity index (χ1) is 13.0. The minimum Gasteiger partial charge on any atom is -0.481 e. The summed E-state index contributed by atoms with van der Waals surface area (Å²) in [4.78, 5) is 16.9. The standard InChI is InChI=1S/C21H26FN3O2/c1-16(27-20-9-5-18(22)6-10-20)21(26)23-15-17-3-7-19(8-4-17)25-13-11-24(2)12-14-25/h3-10,16H,11-15H2,1-2H3,(H,23,26)/t16-/m0/s1. The number of piperazine rings is 1. The lowest BCUT2D eigenvalue weighted by molar-refractivity contribution is -0.127. The van der Waals surface area contributed by atoms with Crippen molar-refractivity contribution in [3.8, 4) is 5.75 Å². The van der Waals surface area contributed by atoms with Crippen LogP contribution < -0.4 is 15.0 Å². The third-order valence-electron chi connectivity index (χ3n) is 4.77. The second kappa shape index (κ2) is 8.86. The van der Waals surface area contributed by atoms with Crippen LogP contribution >= 0.6 is 0 Å². The van der Waals surface area contributed by atoms with Crippen LogP contribution in [-0.2, 0) is 11.3 Å². The van der Waals surface area contributed by atoms with E-state index in [-0.39, 0.29) is 11.7 Å². The normalized spacial score (nSPS) is 16.0. The van der Waals surface area contributed by atoms with Crippen molar-refractivity contribution >= 4 is 11.6 Å². The van der Waals surface area contributed by atoms with Gasteiger partial charge < -0.3 is 19.9 Å². The summed E-state index contributed by atoms with van der Waals surface area (Å²) in [5.41, 5.74) is 2.25. The van der Waals surface area contributed by atoms with E-state index in [4.69, 9.17) is 4.74 Å². The van der Waals surface area contributed by atoms with Gasteiger partial charge in [0.1, 0.15) is 11.6 Å². The van der Waals surface area contributed by atoms with Crippen molar-refractivity contribution < 1.29 is 13.9 Å². The second-order valence-electron chi connectivity index (χ2n) is 6.89. The molecule has 2 aromatic rings. The molecule has 1 aliphatic heterocycles. The Labute approximate surface area is 159 Å². The van der Waals surface area contributed by atoms with E-state index in [9.17, 15) is 9.18 Å². The first-order valence-electron chi connectivity index (χ1n) is 9.23. The first-order valence-corrected chi connectivity index (χ1v) is 9.23. The third kappa shape index (κ3) is 5.44. The molecule has 2 aromatic carbocycles. The van der Waals surface area contributed by atoms with Gasteiger partial charge in [0.05, 0.1) is 0 Å². The number of carbonyl (C=O) groups excluding carboxylic acids is 1. The number of halogens is 1. The van der Waals surface area contributed by atoms with Gasteiger partial charge in [0, 0.05) is 38.4 Å². The Bertz CT molecular complexity index is 741. The predicted octanol–water partition coefficient (Wildman–Crippen LogP) is 2.66. The lowest BCUT2D eigenvalue weighted by atomic mass is 10.1. The topological polar surface area (TPSA) is 44.8 Å². The predicted molar refractivity (Wildman–Crippen MR) is 104 cm³/mol. The summed E-state index contributed by atoms with van der Waals surface area (Å²) in [6, 6.07) is 13.9. The van der Waals surface area contributed by atoms with E-state index in [0.29, 0.717) is 12.3 Å². The molecule has 5 nitrogen and oxygen atoms in total. The van der Waals surface area contributed by atoms with Crippen molar-refractivity contribution in [3.63, 3.8) is 0 Å². The highest BCUT2D eigenvalue weighted by Gasteiger charge is 2.16. The lowest BCUT2D eigenvalue weighted by Gasteiger charge is -2.34. The van der Waals surface area contributed by atoms with Crippen molar-refractivity contribution in [1.82, 2.24) is 10.2 Å². The maximum Gasteiger partial charge on any atom is 0.261 e. The molecule has 6 heteroatoms. The number of amides is 1. The molecule has 1 saturated heterocycles. The molecule has 0 aromatic heterocycles. The summed E-state index contributed by atoms with van der Waals surface area (Å²) < 4.78 is 18.5. The third-order valence-corrected chi connectivity index (χ3v) is 4.77. The number of anilines is 1. The molecule has 0 unspecified atom stereocenters. The highest BCUT2D eigenvalue weighted by atomic mass is 19.1. The maximum atomic E-state index is 12.9. The van der Waals surface area contributed by atoms with Crippen LogP contribution in [0.4, 0.5) is 10.1 Å². The van der Waals surface area contributed by atoms with Gasteiger partial charge in [-0.05, 0) is 55.9 Å². The molecular formula is C21H26FN3O2. The van der Waals surface area contributed by atoms with Crippen LogP contribution in [0, 0.1) is 5.82 Å². The molecule has 0 spiro atoms. The van der Waals surface area contributed by atoms with Crippen LogP contribution in [0.5, 0.6) is 5.75 Å². The average molecular weight is 371 g/mol. The molecule has 144 valence electrons. The molecule has 1 N–H and O–H groups in total. The quantitative estimate of drug-likeness (QED) is 0.848. The fourth-order valence-corrected chi connectivity index (χ4v) is 2.99. The summed E-state index contributed by atoms with van der Waals surface area (Å²) >= 11 is 0. The Kier molecular flexibility index (Phi) is 6.29. The van der Waals surface area contributed by atoms with E-state index in [1.807, 2.05) is 12.1 Å². The van der Waals surface area contributed by atoms with Crippen LogP contribution in [0.1, 0.15) is 12.5 Å². The van der Waals surface area contributed by atoms with Gasteiger partial charge in [-0.2, -0.15) is 0 Å².